The predicted octanol–water partition coefficient (Wildman–Crippen LogP) is 4.74. The highest BCUT2D eigenvalue weighted by Crippen LogP contribution is 2.24. The van der Waals surface area contributed by atoms with Crippen LogP contribution in [0.5, 0.6) is 0 Å². The van der Waals surface area contributed by atoms with Gasteiger partial charge in [-0.2, -0.15) is 4.98 Å². The summed E-state index contributed by atoms with van der Waals surface area (Å²) in [6, 6.07) is 16.5. The molecular formula is C20H15ClN4O2S. The van der Waals surface area contributed by atoms with Gasteiger partial charge in [0.1, 0.15) is 0 Å². The number of aryl methyl sites for hydroxylation is 1. The number of H-pyrrole nitrogens is 1. The molecular weight excluding hydrogens is 396 g/mol. The maximum Gasteiger partial charge on any atom is 0.252 e. The molecule has 8 heteroatoms. The molecule has 2 heterocycles. The lowest BCUT2D eigenvalue weighted by Crippen LogP contribution is -2.08. The number of aromatic nitrogens is 4. The number of nitrogens with one attached hydrogen (secondary N) is 1. The summed E-state index contributed by atoms with van der Waals surface area (Å²) >= 11 is 7.35. The molecule has 0 saturated carbocycles. The van der Waals surface area contributed by atoms with Crippen LogP contribution in [0.15, 0.2) is 69.1 Å². The summed E-state index contributed by atoms with van der Waals surface area (Å²) in [4.78, 5) is 23.6. The molecule has 140 valence electrons. The van der Waals surface area contributed by atoms with E-state index in [4.69, 9.17) is 16.1 Å². The number of benzene rings is 2. The van der Waals surface area contributed by atoms with E-state index in [2.05, 4.69) is 20.1 Å². The first kappa shape index (κ1) is 18.5. The van der Waals surface area contributed by atoms with Crippen LogP contribution in [0.3, 0.4) is 0 Å². The van der Waals surface area contributed by atoms with Gasteiger partial charge in [-0.1, -0.05) is 64.4 Å². The zero-order chi connectivity index (χ0) is 19.5. The fourth-order valence-electron chi connectivity index (χ4n) is 2.64. The molecule has 1 N–H and O–H groups in total. The highest BCUT2D eigenvalue weighted by molar-refractivity contribution is 7.98. The van der Waals surface area contributed by atoms with Crippen molar-refractivity contribution in [2.24, 2.45) is 0 Å². The Balaban J connectivity index is 1.52. The highest BCUT2D eigenvalue weighted by atomic mass is 35.5. The Kier molecular flexibility index (Phi) is 5.27. The molecule has 0 fully saturated rings. The van der Waals surface area contributed by atoms with Gasteiger partial charge in [-0.25, -0.2) is 4.98 Å². The summed E-state index contributed by atoms with van der Waals surface area (Å²) < 4.78 is 5.32. The Morgan fingerprint density at radius 2 is 1.89 bits per heavy atom. The summed E-state index contributed by atoms with van der Waals surface area (Å²) in [6.45, 7) is 2.01. The first-order chi connectivity index (χ1) is 13.6. The maximum atomic E-state index is 12.0. The van der Waals surface area contributed by atoms with Gasteiger partial charge in [0, 0.05) is 22.2 Å². The van der Waals surface area contributed by atoms with Gasteiger partial charge >= 0.3 is 0 Å². The van der Waals surface area contributed by atoms with Crippen molar-refractivity contribution < 1.29 is 4.52 Å². The molecule has 0 amide bonds. The average Bonchev–Trinajstić information content (AvgIpc) is 3.15. The van der Waals surface area contributed by atoms with E-state index in [9.17, 15) is 4.79 Å². The van der Waals surface area contributed by atoms with E-state index in [-0.39, 0.29) is 5.56 Å². The lowest BCUT2D eigenvalue weighted by Gasteiger charge is -2.03. The summed E-state index contributed by atoms with van der Waals surface area (Å²) in [6.07, 6.45) is 0. The second-order valence-electron chi connectivity index (χ2n) is 6.12. The average molecular weight is 411 g/mol. The lowest BCUT2D eigenvalue weighted by molar-refractivity contribution is 0.391. The van der Waals surface area contributed by atoms with E-state index < -0.39 is 0 Å². The van der Waals surface area contributed by atoms with Crippen LogP contribution in [-0.4, -0.2) is 20.1 Å². The van der Waals surface area contributed by atoms with E-state index in [0.717, 1.165) is 16.7 Å². The van der Waals surface area contributed by atoms with Crippen molar-refractivity contribution in [1.82, 2.24) is 20.1 Å². The number of rotatable bonds is 5. The third kappa shape index (κ3) is 4.32. The fraction of sp³-hybridized carbons (Fsp3) is 0.100. The van der Waals surface area contributed by atoms with Crippen LogP contribution >= 0.6 is 23.4 Å². The third-order valence-corrected chi connectivity index (χ3v) is 5.01. The van der Waals surface area contributed by atoms with Crippen molar-refractivity contribution in [2.75, 3.05) is 0 Å². The molecule has 0 saturated heterocycles. The van der Waals surface area contributed by atoms with Crippen LogP contribution in [0.4, 0.5) is 0 Å². The monoisotopic (exact) mass is 410 g/mol. The van der Waals surface area contributed by atoms with Crippen molar-refractivity contribution in [3.8, 4) is 22.6 Å². The van der Waals surface area contributed by atoms with Crippen LogP contribution < -0.4 is 5.56 Å². The molecule has 28 heavy (non-hydrogen) atoms. The molecule has 2 aromatic carbocycles. The van der Waals surface area contributed by atoms with Crippen molar-refractivity contribution in [1.29, 1.82) is 0 Å². The Labute approximate surface area is 170 Å². The first-order valence-corrected chi connectivity index (χ1v) is 9.83. The number of nitrogens with zero attached hydrogens (tertiary/aromatic N) is 3. The Morgan fingerprint density at radius 1 is 1.07 bits per heavy atom. The minimum Gasteiger partial charge on any atom is -0.338 e. The van der Waals surface area contributed by atoms with Gasteiger partial charge in [-0.3, -0.25) is 4.79 Å². The molecule has 4 aromatic rings. The molecule has 2 aromatic heterocycles. The van der Waals surface area contributed by atoms with Gasteiger partial charge in [-0.05, 0) is 25.1 Å². The van der Waals surface area contributed by atoms with Crippen LogP contribution in [0, 0.1) is 6.92 Å². The standard InChI is InChI=1S/C20H15ClN4O2S/c1-12-4-2-6-14(8-12)19-24-18(27-25-19)11-28-20-22-16(10-17(26)23-20)13-5-3-7-15(21)9-13/h2-10H,11H2,1H3,(H,22,23,26). The summed E-state index contributed by atoms with van der Waals surface area (Å²) in [5.41, 5.74) is 3.12. The molecule has 4 rings (SSSR count). The molecule has 0 aliphatic rings. The van der Waals surface area contributed by atoms with Crippen LogP contribution in [0.2, 0.25) is 5.02 Å². The van der Waals surface area contributed by atoms with Gasteiger partial charge in [-0.15, -0.1) is 0 Å². The zero-order valence-electron chi connectivity index (χ0n) is 14.8. The maximum absolute atomic E-state index is 12.0. The molecule has 0 atom stereocenters. The number of halogens is 1. The molecule has 0 spiro atoms. The smallest absolute Gasteiger partial charge is 0.252 e. The summed E-state index contributed by atoms with van der Waals surface area (Å²) in [5, 5.41) is 5.08. The van der Waals surface area contributed by atoms with Gasteiger partial charge < -0.3 is 9.51 Å². The quantitative estimate of drug-likeness (QED) is 0.378. The zero-order valence-corrected chi connectivity index (χ0v) is 16.4. The van der Waals surface area contributed by atoms with Crippen molar-refractivity contribution in [3.63, 3.8) is 0 Å². The minimum absolute atomic E-state index is 0.238. The van der Waals surface area contributed by atoms with Crippen LogP contribution in [0.1, 0.15) is 11.5 Å². The molecule has 6 nitrogen and oxygen atoms in total. The first-order valence-electron chi connectivity index (χ1n) is 8.46. The largest absolute Gasteiger partial charge is 0.338 e. The molecule has 0 aliphatic heterocycles. The topological polar surface area (TPSA) is 84.7 Å². The minimum atomic E-state index is -0.238. The predicted molar refractivity (Wildman–Crippen MR) is 109 cm³/mol. The third-order valence-electron chi connectivity index (χ3n) is 3.92. The van der Waals surface area contributed by atoms with Gasteiger partial charge in [0.15, 0.2) is 5.16 Å². The van der Waals surface area contributed by atoms with Crippen LogP contribution in [0.25, 0.3) is 22.6 Å². The molecule has 0 bridgehead atoms. The SMILES string of the molecule is Cc1cccc(-c2noc(CSc3nc(-c4cccc(Cl)c4)cc(=O)[nH]3)n2)c1. The Hall–Kier alpha value is -2.90. The second kappa shape index (κ2) is 8.00. The fourth-order valence-corrected chi connectivity index (χ4v) is 3.55. The van der Waals surface area contributed by atoms with E-state index in [1.807, 2.05) is 43.3 Å². The highest BCUT2D eigenvalue weighted by Gasteiger charge is 2.11. The second-order valence-corrected chi connectivity index (χ2v) is 7.52. The Morgan fingerprint density at radius 3 is 2.71 bits per heavy atom. The number of aromatic amines is 1. The summed E-state index contributed by atoms with van der Waals surface area (Å²) in [5.74, 6) is 1.38. The number of hydrogen-bond donors (Lipinski definition) is 1. The lowest BCUT2D eigenvalue weighted by atomic mass is 10.1. The van der Waals surface area contributed by atoms with Crippen molar-refractivity contribution in [2.45, 2.75) is 17.8 Å². The van der Waals surface area contributed by atoms with Gasteiger partial charge in [0.05, 0.1) is 11.4 Å². The van der Waals surface area contributed by atoms with Gasteiger partial charge in [0.25, 0.3) is 5.56 Å². The molecule has 0 aliphatic carbocycles. The van der Waals surface area contributed by atoms with E-state index in [1.54, 1.807) is 12.1 Å². The summed E-state index contributed by atoms with van der Waals surface area (Å²) in [7, 11) is 0. The van der Waals surface area contributed by atoms with E-state index in [1.165, 1.54) is 17.8 Å². The van der Waals surface area contributed by atoms with Crippen LogP contribution in [-0.2, 0) is 5.75 Å². The molecule has 0 unspecified atom stereocenters. The Bertz CT molecular complexity index is 1190. The van der Waals surface area contributed by atoms with Crippen molar-refractivity contribution >= 4 is 23.4 Å². The van der Waals surface area contributed by atoms with E-state index >= 15 is 0 Å². The van der Waals surface area contributed by atoms with Gasteiger partial charge in [0.2, 0.25) is 11.7 Å². The number of hydrogen-bond acceptors (Lipinski definition) is 6. The number of thioether (sulfide) groups is 1. The molecule has 0 radical (unpaired) electrons. The van der Waals surface area contributed by atoms with E-state index in [0.29, 0.717) is 33.3 Å². The van der Waals surface area contributed by atoms with Crippen molar-refractivity contribution in [3.05, 3.63) is 81.4 Å². The normalized spacial score (nSPS) is 10.9.